The van der Waals surface area contributed by atoms with Crippen molar-refractivity contribution in [3.05, 3.63) is 77.4 Å². The summed E-state index contributed by atoms with van der Waals surface area (Å²) in [5, 5.41) is 9.26. The monoisotopic (exact) mass is 335 g/mol. The number of hydrogen-bond donors (Lipinski definition) is 1. The molecular formula is C21H21NO3. The number of rotatable bonds is 6. The molecule has 3 aromatic rings. The maximum Gasteiger partial charge on any atom is 0.221 e. The molecule has 1 aromatic heterocycles. The molecule has 0 saturated heterocycles. The number of hydrogen-bond acceptors (Lipinski definition) is 4. The standard InChI is InChI=1S/C21H21NO3/c1-15-18(9-6-10-19(15)16-7-4-3-5-8-16)14-25-20-12-11-17(13-23)21(22-20)24-2/h3-12,23H,13-14H2,1-2H3. The van der Waals surface area contributed by atoms with Gasteiger partial charge in [-0.1, -0.05) is 48.5 Å². The lowest BCUT2D eigenvalue weighted by molar-refractivity contribution is 0.264. The number of benzene rings is 2. The highest BCUT2D eigenvalue weighted by molar-refractivity contribution is 5.68. The lowest BCUT2D eigenvalue weighted by Gasteiger charge is -2.13. The molecule has 0 bridgehead atoms. The minimum absolute atomic E-state index is 0.116. The van der Waals surface area contributed by atoms with Gasteiger partial charge < -0.3 is 14.6 Å². The van der Waals surface area contributed by atoms with Crippen LogP contribution < -0.4 is 9.47 Å². The molecule has 0 aliphatic rings. The number of aromatic nitrogens is 1. The molecule has 0 fully saturated rings. The predicted molar refractivity (Wildman–Crippen MR) is 97.7 cm³/mol. The Labute approximate surface area is 147 Å². The Kier molecular flexibility index (Phi) is 5.31. The predicted octanol–water partition coefficient (Wildman–Crippen LogP) is 4.14. The molecule has 3 rings (SSSR count). The fourth-order valence-electron chi connectivity index (χ4n) is 2.75. The van der Waals surface area contributed by atoms with E-state index in [4.69, 9.17) is 9.47 Å². The zero-order chi connectivity index (χ0) is 17.6. The van der Waals surface area contributed by atoms with Crippen LogP contribution in [-0.2, 0) is 13.2 Å². The molecule has 0 amide bonds. The van der Waals surface area contributed by atoms with Gasteiger partial charge >= 0.3 is 0 Å². The van der Waals surface area contributed by atoms with E-state index >= 15 is 0 Å². The highest BCUT2D eigenvalue weighted by Gasteiger charge is 2.09. The zero-order valence-corrected chi connectivity index (χ0v) is 14.4. The maximum absolute atomic E-state index is 9.26. The van der Waals surface area contributed by atoms with Crippen LogP contribution in [0.3, 0.4) is 0 Å². The van der Waals surface area contributed by atoms with E-state index in [2.05, 4.69) is 36.2 Å². The van der Waals surface area contributed by atoms with Crippen molar-refractivity contribution in [3.63, 3.8) is 0 Å². The third-order valence-corrected chi connectivity index (χ3v) is 4.18. The second kappa shape index (κ2) is 7.81. The fraction of sp³-hybridized carbons (Fsp3) is 0.190. The summed E-state index contributed by atoms with van der Waals surface area (Å²) in [5.41, 5.74) is 5.31. The SMILES string of the molecule is COc1nc(OCc2cccc(-c3ccccc3)c2C)ccc1CO. The summed E-state index contributed by atoms with van der Waals surface area (Å²) in [7, 11) is 1.53. The highest BCUT2D eigenvalue weighted by Crippen LogP contribution is 2.26. The topological polar surface area (TPSA) is 51.6 Å². The molecule has 128 valence electrons. The largest absolute Gasteiger partial charge is 0.481 e. The van der Waals surface area contributed by atoms with Crippen LogP contribution in [0.4, 0.5) is 0 Å². The van der Waals surface area contributed by atoms with E-state index in [1.54, 1.807) is 12.1 Å². The van der Waals surface area contributed by atoms with Gasteiger partial charge in [-0.05, 0) is 35.2 Å². The summed E-state index contributed by atoms with van der Waals surface area (Å²) in [5.74, 6) is 0.855. The molecule has 0 aliphatic carbocycles. The van der Waals surface area contributed by atoms with Crippen molar-refractivity contribution >= 4 is 0 Å². The van der Waals surface area contributed by atoms with Crippen LogP contribution in [0.2, 0.25) is 0 Å². The summed E-state index contributed by atoms with van der Waals surface area (Å²) < 4.78 is 11.0. The molecule has 0 radical (unpaired) electrons. The van der Waals surface area contributed by atoms with Gasteiger partial charge in [-0.15, -0.1) is 0 Å². The molecule has 25 heavy (non-hydrogen) atoms. The second-order valence-electron chi connectivity index (χ2n) is 5.72. The van der Waals surface area contributed by atoms with Crippen LogP contribution in [0.25, 0.3) is 11.1 Å². The lowest BCUT2D eigenvalue weighted by atomic mass is 9.97. The summed E-state index contributed by atoms with van der Waals surface area (Å²) in [4.78, 5) is 4.28. The average molecular weight is 335 g/mol. The first-order valence-electron chi connectivity index (χ1n) is 8.14. The third-order valence-electron chi connectivity index (χ3n) is 4.18. The minimum Gasteiger partial charge on any atom is -0.481 e. The van der Waals surface area contributed by atoms with Crippen LogP contribution in [0.5, 0.6) is 11.8 Å². The van der Waals surface area contributed by atoms with E-state index in [1.165, 1.54) is 23.8 Å². The van der Waals surface area contributed by atoms with E-state index in [-0.39, 0.29) is 6.61 Å². The number of pyridine rings is 1. The van der Waals surface area contributed by atoms with Crippen molar-refractivity contribution in [2.75, 3.05) is 7.11 Å². The summed E-state index contributed by atoms with van der Waals surface area (Å²) >= 11 is 0. The molecule has 0 aliphatic heterocycles. The molecule has 1 N–H and O–H groups in total. The fourth-order valence-corrected chi connectivity index (χ4v) is 2.75. The third kappa shape index (κ3) is 3.80. The minimum atomic E-state index is -0.116. The Morgan fingerprint density at radius 3 is 2.44 bits per heavy atom. The van der Waals surface area contributed by atoms with Gasteiger partial charge in [0.05, 0.1) is 13.7 Å². The van der Waals surface area contributed by atoms with Crippen molar-refractivity contribution in [3.8, 4) is 22.9 Å². The van der Waals surface area contributed by atoms with Crippen LogP contribution in [0.15, 0.2) is 60.7 Å². The average Bonchev–Trinajstić information content (AvgIpc) is 2.67. The highest BCUT2D eigenvalue weighted by atomic mass is 16.5. The molecule has 0 saturated carbocycles. The Morgan fingerprint density at radius 1 is 0.920 bits per heavy atom. The molecule has 4 nitrogen and oxygen atoms in total. The van der Waals surface area contributed by atoms with E-state index in [9.17, 15) is 5.11 Å². The van der Waals surface area contributed by atoms with Gasteiger partial charge in [0.1, 0.15) is 6.61 Å². The van der Waals surface area contributed by atoms with Gasteiger partial charge in [0, 0.05) is 11.6 Å². The molecule has 4 heteroatoms. The van der Waals surface area contributed by atoms with Gasteiger partial charge in [-0.25, -0.2) is 0 Å². The first-order valence-corrected chi connectivity index (χ1v) is 8.14. The molecule has 1 heterocycles. The van der Waals surface area contributed by atoms with Gasteiger partial charge in [0.25, 0.3) is 0 Å². The van der Waals surface area contributed by atoms with Crippen LogP contribution >= 0.6 is 0 Å². The normalized spacial score (nSPS) is 10.5. The van der Waals surface area contributed by atoms with Crippen molar-refractivity contribution in [1.82, 2.24) is 4.98 Å². The van der Waals surface area contributed by atoms with E-state index < -0.39 is 0 Å². The van der Waals surface area contributed by atoms with E-state index in [1.807, 2.05) is 24.3 Å². The Balaban J connectivity index is 1.80. The summed E-state index contributed by atoms with van der Waals surface area (Å²) in [6.45, 7) is 2.40. The summed E-state index contributed by atoms with van der Waals surface area (Å²) in [6.07, 6.45) is 0. The molecular weight excluding hydrogens is 314 g/mol. The quantitative estimate of drug-likeness (QED) is 0.736. The van der Waals surface area contributed by atoms with Gasteiger partial charge in [0.15, 0.2) is 0 Å². The molecule has 2 aromatic carbocycles. The molecule has 0 unspecified atom stereocenters. The number of aliphatic hydroxyl groups is 1. The zero-order valence-electron chi connectivity index (χ0n) is 14.4. The summed E-state index contributed by atoms with van der Waals surface area (Å²) in [6, 6.07) is 20.0. The van der Waals surface area contributed by atoms with Crippen LogP contribution in [-0.4, -0.2) is 17.2 Å². The van der Waals surface area contributed by atoms with Crippen molar-refractivity contribution in [2.45, 2.75) is 20.1 Å². The molecule has 0 atom stereocenters. The van der Waals surface area contributed by atoms with Gasteiger partial charge in [-0.2, -0.15) is 4.98 Å². The lowest BCUT2D eigenvalue weighted by Crippen LogP contribution is -2.02. The van der Waals surface area contributed by atoms with E-state index in [0.29, 0.717) is 23.9 Å². The number of methoxy groups -OCH3 is 1. The van der Waals surface area contributed by atoms with Crippen molar-refractivity contribution < 1.29 is 14.6 Å². The van der Waals surface area contributed by atoms with Crippen LogP contribution in [0, 0.1) is 6.92 Å². The Hall–Kier alpha value is -2.85. The van der Waals surface area contributed by atoms with E-state index in [0.717, 1.165) is 5.56 Å². The van der Waals surface area contributed by atoms with Crippen molar-refractivity contribution in [1.29, 1.82) is 0 Å². The molecule has 0 spiro atoms. The Morgan fingerprint density at radius 2 is 1.72 bits per heavy atom. The number of nitrogens with zero attached hydrogens (tertiary/aromatic N) is 1. The van der Waals surface area contributed by atoms with Crippen LogP contribution in [0.1, 0.15) is 16.7 Å². The maximum atomic E-state index is 9.26. The number of ether oxygens (including phenoxy) is 2. The van der Waals surface area contributed by atoms with Gasteiger partial charge in [0.2, 0.25) is 11.8 Å². The first kappa shape index (κ1) is 17.0. The first-order chi connectivity index (χ1) is 12.2. The number of aliphatic hydroxyl groups excluding tert-OH is 1. The van der Waals surface area contributed by atoms with Crippen molar-refractivity contribution in [2.24, 2.45) is 0 Å². The van der Waals surface area contributed by atoms with Gasteiger partial charge in [-0.3, -0.25) is 0 Å². The smallest absolute Gasteiger partial charge is 0.221 e. The Bertz CT molecular complexity index is 847. The second-order valence-corrected chi connectivity index (χ2v) is 5.72.